The monoisotopic (exact) mass is 206 g/mol. The lowest BCUT2D eigenvalue weighted by atomic mass is 9.75. The Morgan fingerprint density at radius 1 is 1.36 bits per heavy atom. The van der Waals surface area contributed by atoms with E-state index in [0.717, 1.165) is 5.92 Å². The van der Waals surface area contributed by atoms with Crippen molar-refractivity contribution in [3.05, 3.63) is 21.4 Å². The van der Waals surface area contributed by atoms with E-state index in [0.29, 0.717) is 5.41 Å². The molecule has 1 saturated carbocycles. The van der Waals surface area contributed by atoms with Crippen molar-refractivity contribution < 1.29 is 0 Å². The van der Waals surface area contributed by atoms with Crippen molar-refractivity contribution in [3.63, 3.8) is 0 Å². The minimum absolute atomic E-state index is 0.550. The molecule has 0 nitrogen and oxygen atoms in total. The third kappa shape index (κ3) is 1.42. The van der Waals surface area contributed by atoms with Gasteiger partial charge in [-0.15, -0.1) is 11.3 Å². The maximum atomic E-state index is 2.43. The van der Waals surface area contributed by atoms with Gasteiger partial charge in [0.05, 0.1) is 0 Å². The highest BCUT2D eigenvalue weighted by Crippen LogP contribution is 2.48. The zero-order chi connectivity index (χ0) is 9.76. The SMILES string of the molecule is CC1(C)CCc2c(csc2C2CC2)C1. The fourth-order valence-electron chi connectivity index (χ4n) is 2.62. The summed E-state index contributed by atoms with van der Waals surface area (Å²) in [5.74, 6) is 0.963. The first-order chi connectivity index (χ1) is 6.66. The van der Waals surface area contributed by atoms with Gasteiger partial charge in [-0.25, -0.2) is 0 Å². The second kappa shape index (κ2) is 2.85. The van der Waals surface area contributed by atoms with Gasteiger partial charge >= 0.3 is 0 Å². The minimum Gasteiger partial charge on any atom is -0.148 e. The largest absolute Gasteiger partial charge is 0.148 e. The van der Waals surface area contributed by atoms with Crippen LogP contribution in [0.5, 0.6) is 0 Å². The molecule has 0 radical (unpaired) electrons. The number of hydrogen-bond acceptors (Lipinski definition) is 1. The Labute approximate surface area is 90.3 Å². The fraction of sp³-hybridized carbons (Fsp3) is 0.692. The first kappa shape index (κ1) is 8.96. The van der Waals surface area contributed by atoms with Gasteiger partial charge in [0.15, 0.2) is 0 Å². The molecule has 3 rings (SSSR count). The molecule has 14 heavy (non-hydrogen) atoms. The summed E-state index contributed by atoms with van der Waals surface area (Å²) in [6.45, 7) is 4.81. The van der Waals surface area contributed by atoms with Crippen LogP contribution in [0.4, 0.5) is 0 Å². The predicted octanol–water partition coefficient (Wildman–Crippen LogP) is 4.14. The van der Waals surface area contributed by atoms with Crippen molar-refractivity contribution in [2.45, 2.75) is 51.9 Å². The molecular formula is C13H18S. The van der Waals surface area contributed by atoms with Crippen LogP contribution < -0.4 is 0 Å². The molecule has 1 heteroatoms. The van der Waals surface area contributed by atoms with Crippen molar-refractivity contribution in [2.24, 2.45) is 5.41 Å². The highest BCUT2D eigenvalue weighted by Gasteiger charge is 2.33. The second-order valence-corrected chi connectivity index (χ2v) is 6.63. The van der Waals surface area contributed by atoms with E-state index < -0.39 is 0 Å². The lowest BCUT2D eigenvalue weighted by Gasteiger charge is -2.30. The summed E-state index contributed by atoms with van der Waals surface area (Å²) in [7, 11) is 0. The third-order valence-corrected chi connectivity index (χ3v) is 4.92. The van der Waals surface area contributed by atoms with Gasteiger partial charge in [0.2, 0.25) is 0 Å². The van der Waals surface area contributed by atoms with Gasteiger partial charge in [0.25, 0.3) is 0 Å². The zero-order valence-electron chi connectivity index (χ0n) is 9.10. The summed E-state index contributed by atoms with van der Waals surface area (Å²) in [6, 6.07) is 0. The maximum Gasteiger partial charge on any atom is 0.0111 e. The van der Waals surface area contributed by atoms with E-state index in [2.05, 4.69) is 19.2 Å². The Balaban J connectivity index is 1.96. The normalized spacial score (nSPS) is 24.7. The van der Waals surface area contributed by atoms with Gasteiger partial charge in [0, 0.05) is 4.88 Å². The Bertz CT molecular complexity index is 355. The van der Waals surface area contributed by atoms with Crippen molar-refractivity contribution in [1.29, 1.82) is 0 Å². The third-order valence-electron chi connectivity index (χ3n) is 3.68. The van der Waals surface area contributed by atoms with Crippen molar-refractivity contribution in [3.8, 4) is 0 Å². The molecule has 0 amide bonds. The van der Waals surface area contributed by atoms with Crippen LogP contribution in [0.15, 0.2) is 5.38 Å². The Kier molecular flexibility index (Phi) is 1.82. The molecule has 76 valence electrons. The summed E-state index contributed by atoms with van der Waals surface area (Å²) in [4.78, 5) is 1.75. The van der Waals surface area contributed by atoms with E-state index in [1.807, 2.05) is 11.3 Å². The summed E-state index contributed by atoms with van der Waals surface area (Å²) in [5, 5.41) is 2.43. The van der Waals surface area contributed by atoms with Crippen molar-refractivity contribution in [1.82, 2.24) is 0 Å². The van der Waals surface area contributed by atoms with Gasteiger partial charge in [0.1, 0.15) is 0 Å². The van der Waals surface area contributed by atoms with Gasteiger partial charge in [-0.1, -0.05) is 13.8 Å². The van der Waals surface area contributed by atoms with Crippen LogP contribution in [-0.2, 0) is 12.8 Å². The highest BCUT2D eigenvalue weighted by atomic mass is 32.1. The highest BCUT2D eigenvalue weighted by molar-refractivity contribution is 7.10. The molecule has 2 aliphatic carbocycles. The number of rotatable bonds is 1. The van der Waals surface area contributed by atoms with Crippen LogP contribution in [0.25, 0.3) is 0 Å². The molecule has 0 saturated heterocycles. The smallest absolute Gasteiger partial charge is 0.0111 e. The fourth-order valence-corrected chi connectivity index (χ4v) is 3.92. The molecule has 1 heterocycles. The van der Waals surface area contributed by atoms with E-state index in [4.69, 9.17) is 0 Å². The lowest BCUT2D eigenvalue weighted by molar-refractivity contribution is 0.316. The summed E-state index contributed by atoms with van der Waals surface area (Å²) >= 11 is 2.04. The Hall–Kier alpha value is -0.300. The maximum absolute atomic E-state index is 2.43. The molecule has 1 aromatic heterocycles. The molecule has 1 fully saturated rings. The molecular weight excluding hydrogens is 188 g/mol. The molecule has 0 N–H and O–H groups in total. The van der Waals surface area contributed by atoms with E-state index in [-0.39, 0.29) is 0 Å². The van der Waals surface area contributed by atoms with E-state index in [1.54, 1.807) is 16.0 Å². The van der Waals surface area contributed by atoms with Crippen LogP contribution >= 0.6 is 11.3 Å². The molecule has 0 spiro atoms. The van der Waals surface area contributed by atoms with Crippen LogP contribution in [0.2, 0.25) is 0 Å². The van der Waals surface area contributed by atoms with Crippen LogP contribution in [0, 0.1) is 5.41 Å². The van der Waals surface area contributed by atoms with Gasteiger partial charge in [-0.3, -0.25) is 0 Å². The number of fused-ring (bicyclic) bond motifs is 1. The Morgan fingerprint density at radius 2 is 2.14 bits per heavy atom. The second-order valence-electron chi connectivity index (χ2n) is 5.72. The van der Waals surface area contributed by atoms with E-state index in [1.165, 1.54) is 32.1 Å². The van der Waals surface area contributed by atoms with Crippen LogP contribution in [0.3, 0.4) is 0 Å². The van der Waals surface area contributed by atoms with E-state index >= 15 is 0 Å². The van der Waals surface area contributed by atoms with Crippen LogP contribution in [0.1, 0.15) is 55.0 Å². The summed E-state index contributed by atoms with van der Waals surface area (Å²) in [6.07, 6.45) is 6.95. The summed E-state index contributed by atoms with van der Waals surface area (Å²) < 4.78 is 0. The average molecular weight is 206 g/mol. The topological polar surface area (TPSA) is 0 Å². The number of thiophene rings is 1. The van der Waals surface area contributed by atoms with Crippen molar-refractivity contribution in [2.75, 3.05) is 0 Å². The predicted molar refractivity (Wildman–Crippen MR) is 62.1 cm³/mol. The van der Waals surface area contributed by atoms with Crippen LogP contribution in [-0.4, -0.2) is 0 Å². The van der Waals surface area contributed by atoms with Gasteiger partial charge in [-0.2, -0.15) is 0 Å². The molecule has 2 aliphatic rings. The summed E-state index contributed by atoms with van der Waals surface area (Å²) in [5.41, 5.74) is 3.97. The lowest BCUT2D eigenvalue weighted by Crippen LogP contribution is -2.21. The Morgan fingerprint density at radius 3 is 2.86 bits per heavy atom. The van der Waals surface area contributed by atoms with Gasteiger partial charge in [-0.05, 0) is 59.9 Å². The zero-order valence-corrected chi connectivity index (χ0v) is 9.91. The molecule has 0 unspecified atom stereocenters. The minimum atomic E-state index is 0.550. The molecule has 0 aliphatic heterocycles. The molecule has 0 bridgehead atoms. The van der Waals surface area contributed by atoms with Crippen molar-refractivity contribution >= 4 is 11.3 Å². The quantitative estimate of drug-likeness (QED) is 0.648. The van der Waals surface area contributed by atoms with E-state index in [9.17, 15) is 0 Å². The molecule has 1 aromatic rings. The first-order valence-corrected chi connectivity index (χ1v) is 6.63. The molecule has 0 aromatic carbocycles. The first-order valence-electron chi connectivity index (χ1n) is 5.75. The average Bonchev–Trinajstić information content (AvgIpc) is 2.86. The van der Waals surface area contributed by atoms with Gasteiger partial charge < -0.3 is 0 Å². The number of hydrogen-bond donors (Lipinski definition) is 0. The standard InChI is InChI=1S/C13H18S/c1-13(2)6-5-11-10(7-13)8-14-12(11)9-3-4-9/h8-9H,3-7H2,1-2H3. The molecule has 0 atom stereocenters.